The van der Waals surface area contributed by atoms with Crippen LogP contribution in [0.25, 0.3) is 0 Å². The molecule has 0 spiro atoms. The molecule has 1 N–H and O–H groups in total. The van der Waals surface area contributed by atoms with Gasteiger partial charge in [0.25, 0.3) is 0 Å². The molecule has 6 heteroatoms. The molecule has 0 fully saturated rings. The summed E-state index contributed by atoms with van der Waals surface area (Å²) in [4.78, 5) is 24.0. The molecule has 2 aliphatic rings. The number of nitrogens with one attached hydrogen (secondary N) is 1. The smallest absolute Gasteiger partial charge is 0.339 e. The first-order valence-corrected chi connectivity index (χ1v) is 8.16. The van der Waals surface area contributed by atoms with E-state index < -0.39 is 6.10 Å². The van der Waals surface area contributed by atoms with Gasteiger partial charge in [0, 0.05) is 5.56 Å². The van der Waals surface area contributed by atoms with Gasteiger partial charge in [0.2, 0.25) is 5.91 Å². The Morgan fingerprint density at radius 2 is 1.80 bits per heavy atom. The molecule has 2 aromatic rings. The summed E-state index contributed by atoms with van der Waals surface area (Å²) in [5.74, 6) is 0.803. The highest BCUT2D eigenvalue weighted by atomic mass is 16.6. The van der Waals surface area contributed by atoms with Crippen molar-refractivity contribution in [3.05, 3.63) is 59.7 Å². The van der Waals surface area contributed by atoms with Gasteiger partial charge in [0.15, 0.2) is 11.5 Å². The Hall–Kier alpha value is -3.02. The van der Waals surface area contributed by atoms with Gasteiger partial charge in [-0.15, -0.1) is 0 Å². The van der Waals surface area contributed by atoms with Crippen molar-refractivity contribution < 1.29 is 23.8 Å². The minimum atomic E-state index is -0.534. The van der Waals surface area contributed by atoms with E-state index in [1.807, 2.05) is 36.4 Å². The van der Waals surface area contributed by atoms with Crippen LogP contribution in [0, 0.1) is 0 Å². The molecule has 4 rings (SSSR count). The van der Waals surface area contributed by atoms with E-state index in [-0.39, 0.29) is 24.4 Å². The number of fused-ring (bicyclic) bond motifs is 2. The molecule has 0 saturated heterocycles. The lowest BCUT2D eigenvalue weighted by atomic mass is 10.0. The van der Waals surface area contributed by atoms with Gasteiger partial charge >= 0.3 is 5.97 Å². The number of cyclic esters (lactones) is 1. The summed E-state index contributed by atoms with van der Waals surface area (Å²) in [5.41, 5.74) is 1.29. The van der Waals surface area contributed by atoms with Gasteiger partial charge < -0.3 is 19.5 Å². The fourth-order valence-corrected chi connectivity index (χ4v) is 3.00. The topological polar surface area (TPSA) is 73.9 Å². The second-order valence-electron chi connectivity index (χ2n) is 5.99. The molecule has 0 aliphatic carbocycles. The zero-order valence-corrected chi connectivity index (χ0v) is 13.4. The van der Waals surface area contributed by atoms with Crippen molar-refractivity contribution in [2.45, 2.75) is 18.6 Å². The summed E-state index contributed by atoms with van der Waals surface area (Å²) in [7, 11) is 0. The zero-order chi connectivity index (χ0) is 17.2. The number of rotatable bonds is 4. The first kappa shape index (κ1) is 15.5. The monoisotopic (exact) mass is 339 g/mol. The number of benzene rings is 2. The van der Waals surface area contributed by atoms with Crippen LogP contribution in [0.15, 0.2) is 48.5 Å². The van der Waals surface area contributed by atoms with Crippen LogP contribution in [0.2, 0.25) is 0 Å². The highest BCUT2D eigenvalue weighted by molar-refractivity contribution is 5.94. The van der Waals surface area contributed by atoms with Crippen LogP contribution < -0.4 is 14.8 Å². The lowest BCUT2D eigenvalue weighted by Crippen LogP contribution is -2.41. The molecular weight excluding hydrogens is 322 g/mol. The summed E-state index contributed by atoms with van der Waals surface area (Å²) < 4.78 is 16.7. The first-order valence-electron chi connectivity index (χ1n) is 8.16. The van der Waals surface area contributed by atoms with Crippen molar-refractivity contribution in [2.24, 2.45) is 0 Å². The highest BCUT2D eigenvalue weighted by Gasteiger charge is 2.32. The van der Waals surface area contributed by atoms with Crippen LogP contribution in [0.3, 0.4) is 0 Å². The molecule has 0 unspecified atom stereocenters. The number of carbonyl (C=O) groups excluding carboxylic acids is 2. The molecule has 6 nitrogen and oxygen atoms in total. The van der Waals surface area contributed by atoms with Crippen LogP contribution in [0.5, 0.6) is 11.5 Å². The second-order valence-corrected chi connectivity index (χ2v) is 5.99. The Labute approximate surface area is 144 Å². The standard InChI is InChI=1S/C19H17NO5/c21-18(9-17-13-5-1-2-6-14(13)19(22)25-17)20-10-12-11-23-15-7-3-4-8-16(15)24-12/h1-8,12,17H,9-11H2,(H,20,21)/t12-,17+/m0/s1. The van der Waals surface area contributed by atoms with E-state index in [0.717, 1.165) is 5.56 Å². The number of para-hydroxylation sites is 2. The molecule has 2 atom stereocenters. The normalized spacial score (nSPS) is 20.6. The third-order valence-corrected chi connectivity index (χ3v) is 4.24. The molecule has 25 heavy (non-hydrogen) atoms. The van der Waals surface area contributed by atoms with E-state index in [2.05, 4.69) is 5.32 Å². The van der Waals surface area contributed by atoms with E-state index in [0.29, 0.717) is 30.2 Å². The zero-order valence-electron chi connectivity index (χ0n) is 13.4. The van der Waals surface area contributed by atoms with Gasteiger partial charge in [-0.2, -0.15) is 0 Å². The highest BCUT2D eigenvalue weighted by Crippen LogP contribution is 2.33. The van der Waals surface area contributed by atoms with Crippen LogP contribution in [0.4, 0.5) is 0 Å². The van der Waals surface area contributed by atoms with E-state index in [1.165, 1.54) is 0 Å². The number of esters is 1. The first-order chi connectivity index (χ1) is 12.2. The van der Waals surface area contributed by atoms with Crippen LogP contribution in [0.1, 0.15) is 28.4 Å². The molecule has 0 aromatic heterocycles. The van der Waals surface area contributed by atoms with Gasteiger partial charge in [-0.05, 0) is 18.2 Å². The van der Waals surface area contributed by atoms with Gasteiger partial charge in [-0.25, -0.2) is 4.79 Å². The number of hydrogen-bond donors (Lipinski definition) is 1. The molecule has 2 aliphatic heterocycles. The van der Waals surface area contributed by atoms with E-state index in [1.54, 1.807) is 12.1 Å². The van der Waals surface area contributed by atoms with E-state index in [4.69, 9.17) is 14.2 Å². The maximum atomic E-state index is 12.2. The van der Waals surface area contributed by atoms with Crippen LogP contribution in [-0.4, -0.2) is 31.1 Å². The maximum absolute atomic E-state index is 12.2. The Balaban J connectivity index is 1.31. The van der Waals surface area contributed by atoms with Crippen molar-refractivity contribution in [2.75, 3.05) is 13.2 Å². The third-order valence-electron chi connectivity index (χ3n) is 4.24. The molecule has 1 amide bonds. The SMILES string of the molecule is O=C(C[C@H]1OC(=O)c2ccccc21)NC[C@H]1COc2ccccc2O1. The molecular formula is C19H17NO5. The average Bonchev–Trinajstić information content (AvgIpc) is 2.96. The predicted molar refractivity (Wildman–Crippen MR) is 88.6 cm³/mol. The second kappa shape index (κ2) is 6.47. The Morgan fingerprint density at radius 1 is 1.04 bits per heavy atom. The Morgan fingerprint density at radius 3 is 2.68 bits per heavy atom. The Kier molecular flexibility index (Phi) is 4.01. The van der Waals surface area contributed by atoms with Gasteiger partial charge in [-0.3, -0.25) is 4.79 Å². The van der Waals surface area contributed by atoms with Crippen molar-refractivity contribution in [3.63, 3.8) is 0 Å². The lowest BCUT2D eigenvalue weighted by Gasteiger charge is -2.26. The fourth-order valence-electron chi connectivity index (χ4n) is 3.00. The van der Waals surface area contributed by atoms with Gasteiger partial charge in [-0.1, -0.05) is 30.3 Å². The van der Waals surface area contributed by atoms with E-state index in [9.17, 15) is 9.59 Å². The average molecular weight is 339 g/mol. The number of carbonyl (C=O) groups is 2. The quantitative estimate of drug-likeness (QED) is 0.865. The molecule has 2 aromatic carbocycles. The van der Waals surface area contributed by atoms with Crippen LogP contribution in [-0.2, 0) is 9.53 Å². The minimum Gasteiger partial charge on any atom is -0.486 e. The number of ether oxygens (including phenoxy) is 3. The van der Waals surface area contributed by atoms with E-state index >= 15 is 0 Å². The predicted octanol–water partition coefficient (Wildman–Crippen LogP) is 2.24. The summed E-state index contributed by atoms with van der Waals surface area (Å²) >= 11 is 0. The summed E-state index contributed by atoms with van der Waals surface area (Å²) in [6, 6.07) is 14.6. The number of amides is 1. The van der Waals surface area contributed by atoms with Crippen molar-refractivity contribution >= 4 is 11.9 Å². The van der Waals surface area contributed by atoms with Crippen molar-refractivity contribution in [1.29, 1.82) is 0 Å². The third kappa shape index (κ3) is 3.15. The van der Waals surface area contributed by atoms with Gasteiger partial charge in [0.1, 0.15) is 18.8 Å². The fraction of sp³-hybridized carbons (Fsp3) is 0.263. The Bertz CT molecular complexity index is 819. The molecule has 0 saturated carbocycles. The molecule has 128 valence electrons. The van der Waals surface area contributed by atoms with Crippen LogP contribution >= 0.6 is 0 Å². The summed E-state index contributed by atoms with van der Waals surface area (Å²) in [5, 5.41) is 2.82. The molecule has 2 heterocycles. The summed E-state index contributed by atoms with van der Waals surface area (Å²) in [6.07, 6.45) is -0.697. The largest absolute Gasteiger partial charge is 0.486 e. The minimum absolute atomic E-state index is 0.0902. The van der Waals surface area contributed by atoms with Crippen molar-refractivity contribution in [3.8, 4) is 11.5 Å². The van der Waals surface area contributed by atoms with Crippen molar-refractivity contribution in [1.82, 2.24) is 5.32 Å². The molecule has 0 radical (unpaired) electrons. The lowest BCUT2D eigenvalue weighted by molar-refractivity contribution is -0.123. The summed E-state index contributed by atoms with van der Waals surface area (Å²) in [6.45, 7) is 0.702. The molecule has 0 bridgehead atoms. The maximum Gasteiger partial charge on any atom is 0.339 e. The van der Waals surface area contributed by atoms with Gasteiger partial charge in [0.05, 0.1) is 18.5 Å². The number of hydrogen-bond acceptors (Lipinski definition) is 5.